The lowest BCUT2D eigenvalue weighted by Gasteiger charge is -2.25. The Morgan fingerprint density at radius 1 is 0.953 bits per heavy atom. The van der Waals surface area contributed by atoms with Gasteiger partial charge in [0.2, 0.25) is 23.5 Å². The predicted octanol–water partition coefficient (Wildman–Crippen LogP) is 0.171. The highest BCUT2D eigenvalue weighted by atomic mass is 16.4. The highest BCUT2D eigenvalue weighted by molar-refractivity contribution is 6.38. The van der Waals surface area contributed by atoms with Crippen LogP contribution in [-0.2, 0) is 36.8 Å². The van der Waals surface area contributed by atoms with E-state index in [1.165, 1.54) is 12.5 Å². The normalized spacial score (nSPS) is 13.6. The third kappa shape index (κ3) is 9.38. The number of imidazole rings is 1. The third-order valence-electron chi connectivity index (χ3n) is 6.94. The van der Waals surface area contributed by atoms with Gasteiger partial charge in [0.05, 0.1) is 24.6 Å². The zero-order valence-electron chi connectivity index (χ0n) is 23.8. The van der Waals surface area contributed by atoms with E-state index in [-0.39, 0.29) is 12.8 Å². The zero-order valence-corrected chi connectivity index (χ0v) is 23.8. The second-order valence-corrected chi connectivity index (χ2v) is 10.1. The molecule has 0 bridgehead atoms. The quantitative estimate of drug-likeness (QED) is 0.120. The first-order valence-corrected chi connectivity index (χ1v) is 13.6. The van der Waals surface area contributed by atoms with E-state index >= 15 is 0 Å². The molecule has 2 aromatic carbocycles. The summed E-state index contributed by atoms with van der Waals surface area (Å²) in [5.74, 6) is -5.02. The van der Waals surface area contributed by atoms with E-state index in [4.69, 9.17) is 5.73 Å². The summed E-state index contributed by atoms with van der Waals surface area (Å²) in [6, 6.07) is 9.58. The summed E-state index contributed by atoms with van der Waals surface area (Å²) in [7, 11) is 0. The standard InChI is InChI=1S/C29H35N7O7/c1-3-16(2)24(36-27(40)22(35-29(42)43)12-20-13-31-15-33-20)25(38)28(41)32-14-23(37)34-21(26(30)39)11-17-8-9-18-6-4-5-7-19(18)10-17/h4-10,13,15-16,21-22,24,35H,3,11-12,14H2,1-2H3,(H2,30,39)(H,31,33)(H,32,41)(H,34,37)(H,36,40)(H,42,43)/t16-,21-,22-,24?/m0/s1. The summed E-state index contributed by atoms with van der Waals surface area (Å²) < 4.78 is 0. The van der Waals surface area contributed by atoms with Crippen LogP contribution in [0.4, 0.5) is 4.79 Å². The highest BCUT2D eigenvalue weighted by Gasteiger charge is 2.33. The number of rotatable bonds is 15. The van der Waals surface area contributed by atoms with E-state index in [1.807, 2.05) is 42.5 Å². The molecule has 1 aromatic heterocycles. The Labute approximate surface area is 247 Å². The number of ketones is 1. The van der Waals surface area contributed by atoms with Gasteiger partial charge in [0.1, 0.15) is 12.1 Å². The minimum atomic E-state index is -1.46. The van der Waals surface area contributed by atoms with Crippen molar-refractivity contribution in [2.75, 3.05) is 6.54 Å². The van der Waals surface area contributed by atoms with Crippen molar-refractivity contribution in [3.63, 3.8) is 0 Å². The van der Waals surface area contributed by atoms with Crippen LogP contribution in [0.3, 0.4) is 0 Å². The van der Waals surface area contributed by atoms with E-state index in [9.17, 15) is 33.9 Å². The van der Waals surface area contributed by atoms with Gasteiger partial charge >= 0.3 is 6.09 Å². The smallest absolute Gasteiger partial charge is 0.405 e. The van der Waals surface area contributed by atoms with Gasteiger partial charge in [-0.3, -0.25) is 24.0 Å². The van der Waals surface area contributed by atoms with Crippen molar-refractivity contribution in [2.24, 2.45) is 11.7 Å². The third-order valence-corrected chi connectivity index (χ3v) is 6.94. The molecule has 14 heteroatoms. The first-order valence-electron chi connectivity index (χ1n) is 13.6. The molecule has 1 unspecified atom stereocenters. The van der Waals surface area contributed by atoms with Crippen LogP contribution in [-0.4, -0.2) is 75.2 Å². The molecule has 0 aliphatic rings. The molecule has 1 heterocycles. The van der Waals surface area contributed by atoms with Gasteiger partial charge in [0.15, 0.2) is 0 Å². The number of H-pyrrole nitrogens is 1. The molecule has 0 fully saturated rings. The van der Waals surface area contributed by atoms with Gasteiger partial charge in [-0.1, -0.05) is 62.7 Å². The van der Waals surface area contributed by atoms with Gasteiger partial charge < -0.3 is 37.1 Å². The van der Waals surface area contributed by atoms with Gasteiger partial charge in [-0.2, -0.15) is 0 Å². The predicted molar refractivity (Wildman–Crippen MR) is 155 cm³/mol. The number of aromatic nitrogens is 2. The van der Waals surface area contributed by atoms with E-state index in [2.05, 4.69) is 31.2 Å². The Bertz CT molecular complexity index is 1470. The van der Waals surface area contributed by atoms with E-state index in [1.54, 1.807) is 13.8 Å². The lowest BCUT2D eigenvalue weighted by atomic mass is 9.94. The molecule has 3 rings (SSSR count). The van der Waals surface area contributed by atoms with Crippen molar-refractivity contribution < 1.29 is 33.9 Å². The van der Waals surface area contributed by atoms with Crippen LogP contribution in [0.15, 0.2) is 55.0 Å². The Morgan fingerprint density at radius 2 is 1.67 bits per heavy atom. The monoisotopic (exact) mass is 593 g/mol. The van der Waals surface area contributed by atoms with Crippen LogP contribution in [0, 0.1) is 5.92 Å². The SMILES string of the molecule is CC[C@H](C)C(NC(=O)[C@H](Cc1c[nH]cn1)NC(=O)O)C(=O)C(=O)NCC(=O)N[C@@H](Cc1ccc2ccccc2c1)C(N)=O. The molecule has 0 spiro atoms. The number of nitrogens with one attached hydrogen (secondary N) is 5. The van der Waals surface area contributed by atoms with Gasteiger partial charge in [-0.15, -0.1) is 0 Å². The molecule has 228 valence electrons. The molecule has 0 radical (unpaired) electrons. The number of nitrogens with two attached hydrogens (primary N) is 1. The first-order chi connectivity index (χ1) is 20.5. The fraction of sp³-hybridized carbons (Fsp3) is 0.345. The number of fused-ring (bicyclic) bond motifs is 1. The maximum Gasteiger partial charge on any atom is 0.405 e. The number of aromatic amines is 1. The number of nitrogens with zero attached hydrogens (tertiary/aromatic N) is 1. The number of amides is 5. The minimum Gasteiger partial charge on any atom is -0.465 e. The van der Waals surface area contributed by atoms with Crippen LogP contribution in [0.2, 0.25) is 0 Å². The average molecular weight is 594 g/mol. The fourth-order valence-corrected chi connectivity index (χ4v) is 4.38. The summed E-state index contributed by atoms with van der Waals surface area (Å²) in [6.45, 7) is 2.76. The second kappa shape index (κ2) is 15.1. The van der Waals surface area contributed by atoms with Crippen LogP contribution < -0.4 is 27.0 Å². The number of benzene rings is 2. The molecule has 4 atom stereocenters. The summed E-state index contributed by atoms with van der Waals surface area (Å²) in [6.07, 6.45) is 1.81. The molecule has 5 amide bonds. The van der Waals surface area contributed by atoms with Gasteiger partial charge in [-0.25, -0.2) is 9.78 Å². The number of carbonyl (C=O) groups excluding carboxylic acids is 5. The van der Waals surface area contributed by atoms with Crippen molar-refractivity contribution >= 4 is 46.3 Å². The second-order valence-electron chi connectivity index (χ2n) is 10.1. The number of carbonyl (C=O) groups is 6. The first kappa shape index (κ1) is 32.2. The Balaban J connectivity index is 1.60. The van der Waals surface area contributed by atoms with Crippen molar-refractivity contribution in [1.29, 1.82) is 0 Å². The molecule has 0 saturated carbocycles. The summed E-state index contributed by atoms with van der Waals surface area (Å²) in [5, 5.41) is 20.4. The van der Waals surface area contributed by atoms with Crippen molar-refractivity contribution in [3.05, 3.63) is 66.2 Å². The number of hydrogen-bond acceptors (Lipinski definition) is 7. The number of hydrogen-bond donors (Lipinski definition) is 7. The molecule has 3 aromatic rings. The van der Waals surface area contributed by atoms with Crippen molar-refractivity contribution in [3.8, 4) is 0 Å². The van der Waals surface area contributed by atoms with Crippen LogP contribution in [0.1, 0.15) is 31.5 Å². The lowest BCUT2D eigenvalue weighted by Crippen LogP contribution is -2.57. The van der Waals surface area contributed by atoms with E-state index in [0.717, 1.165) is 16.3 Å². The molecule has 43 heavy (non-hydrogen) atoms. The van der Waals surface area contributed by atoms with E-state index < -0.39 is 66.1 Å². The molecule has 14 nitrogen and oxygen atoms in total. The molecule has 0 aliphatic heterocycles. The maximum atomic E-state index is 13.0. The summed E-state index contributed by atoms with van der Waals surface area (Å²) in [4.78, 5) is 81.3. The van der Waals surface area contributed by atoms with Gasteiger partial charge in [-0.05, 0) is 22.3 Å². The largest absolute Gasteiger partial charge is 0.465 e. The Kier molecular flexibility index (Phi) is 11.3. The average Bonchev–Trinajstić information content (AvgIpc) is 3.50. The Morgan fingerprint density at radius 3 is 2.30 bits per heavy atom. The molecular weight excluding hydrogens is 558 g/mol. The van der Waals surface area contributed by atoms with Gasteiger partial charge in [0, 0.05) is 19.0 Å². The van der Waals surface area contributed by atoms with Crippen LogP contribution >= 0.6 is 0 Å². The van der Waals surface area contributed by atoms with Crippen molar-refractivity contribution in [2.45, 2.75) is 51.2 Å². The fourth-order valence-electron chi connectivity index (χ4n) is 4.38. The van der Waals surface area contributed by atoms with Crippen molar-refractivity contribution in [1.82, 2.24) is 31.2 Å². The maximum absolute atomic E-state index is 13.0. The number of Topliss-reactive ketones (excluding diaryl/α,β-unsaturated/α-hetero) is 1. The molecular formula is C29H35N7O7. The summed E-state index contributed by atoms with van der Waals surface area (Å²) in [5.41, 5.74) is 6.66. The lowest BCUT2D eigenvalue weighted by molar-refractivity contribution is -0.141. The van der Waals surface area contributed by atoms with Crippen LogP contribution in [0.25, 0.3) is 10.8 Å². The minimum absolute atomic E-state index is 0.102. The molecule has 8 N–H and O–H groups in total. The van der Waals surface area contributed by atoms with Gasteiger partial charge in [0.25, 0.3) is 5.91 Å². The number of carboxylic acid groups (broad SMARTS) is 1. The zero-order chi connectivity index (χ0) is 31.5. The summed E-state index contributed by atoms with van der Waals surface area (Å²) >= 11 is 0. The molecule has 0 saturated heterocycles. The topological polar surface area (TPSA) is 225 Å². The highest BCUT2D eigenvalue weighted by Crippen LogP contribution is 2.17. The van der Waals surface area contributed by atoms with E-state index in [0.29, 0.717) is 12.1 Å². The van der Waals surface area contributed by atoms with Crippen LogP contribution in [0.5, 0.6) is 0 Å². The molecule has 0 aliphatic carbocycles. The number of primary amides is 1. The Hall–Kier alpha value is -5.27.